The van der Waals surface area contributed by atoms with Gasteiger partial charge in [0.2, 0.25) is 0 Å². The molecule has 1 aromatic carbocycles. The molecular formula is C21H30N2O2S. The third kappa shape index (κ3) is 3.08. The van der Waals surface area contributed by atoms with Crippen LogP contribution >= 0.6 is 0 Å². The molecule has 0 aromatic heterocycles. The van der Waals surface area contributed by atoms with Crippen LogP contribution in [0.4, 0.5) is 4.79 Å². The molecule has 4 rings (SSSR count). The van der Waals surface area contributed by atoms with E-state index in [1.54, 1.807) is 11.2 Å². The van der Waals surface area contributed by atoms with Crippen LogP contribution in [0.25, 0.3) is 0 Å². The highest BCUT2D eigenvalue weighted by molar-refractivity contribution is 7.84. The molecule has 1 N–H and O–H groups in total. The SMILES string of the molecule is C[C@H](c1ccc([S@](C)=O)cc1)N(C)C(=O)N[C@@H]1C[C@H]2C[C@H]1[C@@H]1CCC[C@@H]21. The van der Waals surface area contributed by atoms with Crippen molar-refractivity contribution in [2.45, 2.75) is 56.0 Å². The fraction of sp³-hybridized carbons (Fsp3) is 0.667. The van der Waals surface area contributed by atoms with Crippen LogP contribution in [0, 0.1) is 23.7 Å². The number of hydrogen-bond acceptors (Lipinski definition) is 2. The number of nitrogens with one attached hydrogen (secondary N) is 1. The topological polar surface area (TPSA) is 49.4 Å². The Morgan fingerprint density at radius 2 is 1.85 bits per heavy atom. The molecule has 26 heavy (non-hydrogen) atoms. The predicted molar refractivity (Wildman–Crippen MR) is 104 cm³/mol. The molecule has 2 amide bonds. The van der Waals surface area contributed by atoms with Gasteiger partial charge in [0, 0.05) is 35.0 Å². The monoisotopic (exact) mass is 374 g/mol. The molecule has 3 aliphatic rings. The van der Waals surface area contributed by atoms with Crippen molar-refractivity contribution in [3.8, 4) is 0 Å². The Kier molecular flexibility index (Phi) is 4.84. The zero-order chi connectivity index (χ0) is 18.4. The summed E-state index contributed by atoms with van der Waals surface area (Å²) in [5.74, 6) is 3.37. The summed E-state index contributed by atoms with van der Waals surface area (Å²) in [5.41, 5.74) is 1.07. The van der Waals surface area contributed by atoms with Gasteiger partial charge >= 0.3 is 6.03 Å². The molecule has 0 heterocycles. The largest absolute Gasteiger partial charge is 0.335 e. The van der Waals surface area contributed by atoms with Crippen molar-refractivity contribution in [3.05, 3.63) is 29.8 Å². The number of amides is 2. The molecule has 5 heteroatoms. The van der Waals surface area contributed by atoms with Crippen LogP contribution in [0.2, 0.25) is 0 Å². The van der Waals surface area contributed by atoms with Crippen LogP contribution in [-0.4, -0.2) is 34.5 Å². The zero-order valence-electron chi connectivity index (χ0n) is 16.0. The number of benzene rings is 1. The molecule has 3 aliphatic carbocycles. The van der Waals surface area contributed by atoms with Gasteiger partial charge in [-0.2, -0.15) is 0 Å². The molecule has 7 atom stereocenters. The van der Waals surface area contributed by atoms with E-state index in [1.165, 1.54) is 32.1 Å². The van der Waals surface area contributed by atoms with Gasteiger partial charge < -0.3 is 10.2 Å². The van der Waals surface area contributed by atoms with E-state index in [2.05, 4.69) is 5.32 Å². The minimum atomic E-state index is -0.970. The second kappa shape index (κ2) is 6.99. The Morgan fingerprint density at radius 3 is 2.54 bits per heavy atom. The van der Waals surface area contributed by atoms with Gasteiger partial charge in [-0.05, 0) is 74.0 Å². The summed E-state index contributed by atoms with van der Waals surface area (Å²) >= 11 is 0. The van der Waals surface area contributed by atoms with Crippen molar-refractivity contribution < 1.29 is 9.00 Å². The van der Waals surface area contributed by atoms with Crippen LogP contribution in [-0.2, 0) is 10.8 Å². The molecular weight excluding hydrogens is 344 g/mol. The number of hydrogen-bond donors (Lipinski definition) is 1. The van der Waals surface area contributed by atoms with Crippen molar-refractivity contribution in [1.82, 2.24) is 10.2 Å². The number of carbonyl (C=O) groups excluding carboxylic acids is 1. The van der Waals surface area contributed by atoms with E-state index >= 15 is 0 Å². The van der Waals surface area contributed by atoms with Crippen LogP contribution < -0.4 is 5.32 Å². The van der Waals surface area contributed by atoms with Gasteiger partial charge in [0.1, 0.15) is 0 Å². The number of urea groups is 1. The predicted octanol–water partition coefficient (Wildman–Crippen LogP) is 3.95. The number of carbonyl (C=O) groups is 1. The smallest absolute Gasteiger partial charge is 0.317 e. The van der Waals surface area contributed by atoms with Crippen LogP contribution in [0.15, 0.2) is 29.2 Å². The first-order valence-electron chi connectivity index (χ1n) is 9.92. The lowest BCUT2D eigenvalue weighted by atomic mass is 9.79. The van der Waals surface area contributed by atoms with E-state index in [-0.39, 0.29) is 12.1 Å². The van der Waals surface area contributed by atoms with Gasteiger partial charge in [-0.1, -0.05) is 18.6 Å². The van der Waals surface area contributed by atoms with Gasteiger partial charge in [0.15, 0.2) is 0 Å². The number of rotatable bonds is 4. The normalized spacial score (nSPS) is 34.3. The van der Waals surface area contributed by atoms with Crippen molar-refractivity contribution in [1.29, 1.82) is 0 Å². The number of fused-ring (bicyclic) bond motifs is 5. The first kappa shape index (κ1) is 18.0. The molecule has 142 valence electrons. The summed E-state index contributed by atoms with van der Waals surface area (Å²) in [5, 5.41) is 3.34. The lowest BCUT2D eigenvalue weighted by Gasteiger charge is -2.34. The molecule has 2 bridgehead atoms. The maximum Gasteiger partial charge on any atom is 0.317 e. The van der Waals surface area contributed by atoms with E-state index in [4.69, 9.17) is 0 Å². The molecule has 0 saturated heterocycles. The Bertz CT molecular complexity index is 704. The van der Waals surface area contributed by atoms with Gasteiger partial charge in [-0.25, -0.2) is 4.79 Å². The average Bonchev–Trinajstić information content (AvgIpc) is 3.33. The van der Waals surface area contributed by atoms with Gasteiger partial charge in [0.25, 0.3) is 0 Å². The van der Waals surface area contributed by atoms with Crippen molar-refractivity contribution in [3.63, 3.8) is 0 Å². The lowest BCUT2D eigenvalue weighted by Crippen LogP contribution is -2.48. The van der Waals surface area contributed by atoms with Crippen LogP contribution in [0.1, 0.15) is 50.6 Å². The van der Waals surface area contributed by atoms with E-state index in [0.717, 1.165) is 28.2 Å². The maximum absolute atomic E-state index is 12.8. The van der Waals surface area contributed by atoms with Crippen molar-refractivity contribution >= 4 is 16.8 Å². The average molecular weight is 375 g/mol. The minimum Gasteiger partial charge on any atom is -0.335 e. The minimum absolute atomic E-state index is 0.00726. The summed E-state index contributed by atoms with van der Waals surface area (Å²) < 4.78 is 11.5. The molecule has 1 aromatic rings. The highest BCUT2D eigenvalue weighted by atomic mass is 32.2. The Labute approximate surface area is 159 Å². The quantitative estimate of drug-likeness (QED) is 0.867. The van der Waals surface area contributed by atoms with Crippen LogP contribution in [0.5, 0.6) is 0 Å². The molecule has 0 aliphatic heterocycles. The van der Waals surface area contributed by atoms with E-state index < -0.39 is 10.8 Å². The highest BCUT2D eigenvalue weighted by Gasteiger charge is 2.54. The fourth-order valence-corrected chi connectivity index (χ4v) is 6.35. The fourth-order valence-electron chi connectivity index (χ4n) is 5.83. The summed E-state index contributed by atoms with van der Waals surface area (Å²) in [6.07, 6.45) is 8.37. The second-order valence-corrected chi connectivity index (χ2v) is 9.90. The molecule has 0 radical (unpaired) electrons. The van der Waals surface area contributed by atoms with Crippen LogP contribution in [0.3, 0.4) is 0 Å². The lowest BCUT2D eigenvalue weighted by molar-refractivity contribution is 0.169. The first-order chi connectivity index (χ1) is 12.5. The van der Waals surface area contributed by atoms with E-state index in [9.17, 15) is 9.00 Å². The molecule has 0 spiro atoms. The molecule has 0 unspecified atom stereocenters. The summed E-state index contributed by atoms with van der Waals surface area (Å²) in [4.78, 5) is 15.4. The maximum atomic E-state index is 12.8. The number of nitrogens with zero attached hydrogens (tertiary/aromatic N) is 1. The summed E-state index contributed by atoms with van der Waals surface area (Å²) in [6, 6.07) is 8.14. The molecule has 3 saturated carbocycles. The van der Waals surface area contributed by atoms with E-state index in [0.29, 0.717) is 12.0 Å². The van der Waals surface area contributed by atoms with Gasteiger partial charge in [-0.15, -0.1) is 0 Å². The Balaban J connectivity index is 1.38. The van der Waals surface area contributed by atoms with E-state index in [1.807, 2.05) is 38.2 Å². The van der Waals surface area contributed by atoms with Crippen molar-refractivity contribution in [2.24, 2.45) is 23.7 Å². The van der Waals surface area contributed by atoms with Gasteiger partial charge in [-0.3, -0.25) is 4.21 Å². The molecule has 4 nitrogen and oxygen atoms in total. The van der Waals surface area contributed by atoms with Crippen molar-refractivity contribution in [2.75, 3.05) is 13.3 Å². The Morgan fingerprint density at radius 1 is 1.15 bits per heavy atom. The zero-order valence-corrected chi connectivity index (χ0v) is 16.8. The summed E-state index contributed by atoms with van der Waals surface area (Å²) in [7, 11) is 0.903. The second-order valence-electron chi connectivity index (χ2n) is 8.52. The summed E-state index contributed by atoms with van der Waals surface area (Å²) in [6.45, 7) is 2.05. The third-order valence-corrected chi connectivity index (χ3v) is 8.27. The highest BCUT2D eigenvalue weighted by Crippen LogP contribution is 2.58. The molecule has 3 fully saturated rings. The van der Waals surface area contributed by atoms with Gasteiger partial charge in [0.05, 0.1) is 6.04 Å². The third-order valence-electron chi connectivity index (χ3n) is 7.33. The first-order valence-corrected chi connectivity index (χ1v) is 11.5. The standard InChI is InChI=1S/C21H30N2O2S/c1-13(14-7-9-16(10-8-14)26(3)25)23(2)21(24)22-20-12-15-11-19(20)18-6-4-5-17(15)18/h7-10,13,15,17-20H,4-6,11-12H2,1-3H3,(H,22,24)/t13-,15-,17+,18-,19+,20-,26+/m1/s1. The Hall–Kier alpha value is -1.36.